The number of ether oxygens (including phenoxy) is 2. The summed E-state index contributed by atoms with van der Waals surface area (Å²) in [5, 5.41) is 4.47. The largest absolute Gasteiger partial charge is 0.497 e. The van der Waals surface area contributed by atoms with Gasteiger partial charge in [-0.3, -0.25) is 4.79 Å². The fourth-order valence-corrected chi connectivity index (χ4v) is 2.93. The number of rotatable bonds is 6. The van der Waals surface area contributed by atoms with Gasteiger partial charge >= 0.3 is 5.97 Å². The van der Waals surface area contributed by atoms with Crippen LogP contribution in [0.4, 0.5) is 8.78 Å². The van der Waals surface area contributed by atoms with Gasteiger partial charge in [-0.05, 0) is 32.0 Å². The first-order valence-corrected chi connectivity index (χ1v) is 8.40. The third-order valence-corrected chi connectivity index (χ3v) is 4.09. The maximum absolute atomic E-state index is 13.7. The van der Waals surface area contributed by atoms with Crippen LogP contribution in [0.15, 0.2) is 30.3 Å². The summed E-state index contributed by atoms with van der Waals surface area (Å²) in [5.74, 6) is 0.0817. The number of halogens is 2. The molecule has 142 valence electrons. The lowest BCUT2D eigenvalue weighted by Crippen LogP contribution is -2.15. The molecule has 0 aliphatic carbocycles. The van der Waals surface area contributed by atoms with E-state index in [2.05, 4.69) is 10.1 Å². The Morgan fingerprint density at radius 1 is 1.30 bits per heavy atom. The highest BCUT2D eigenvalue weighted by atomic mass is 19.3. The van der Waals surface area contributed by atoms with Crippen molar-refractivity contribution >= 4 is 17.0 Å². The molecule has 0 saturated heterocycles. The third-order valence-electron chi connectivity index (χ3n) is 4.09. The molecule has 3 rings (SSSR count). The van der Waals surface area contributed by atoms with Crippen molar-refractivity contribution in [2.24, 2.45) is 0 Å². The number of carbonyl (C=O) groups is 1. The number of alkyl halides is 2. The normalized spacial score (nSPS) is 11.2. The zero-order valence-electron chi connectivity index (χ0n) is 15.2. The highest BCUT2D eigenvalue weighted by Crippen LogP contribution is 2.33. The minimum atomic E-state index is -2.71. The monoisotopic (exact) mass is 375 g/mol. The van der Waals surface area contributed by atoms with Crippen molar-refractivity contribution in [3.63, 3.8) is 0 Å². The third kappa shape index (κ3) is 3.74. The van der Waals surface area contributed by atoms with Crippen LogP contribution in [-0.2, 0) is 16.1 Å². The summed E-state index contributed by atoms with van der Waals surface area (Å²) < 4.78 is 38.9. The summed E-state index contributed by atoms with van der Waals surface area (Å²) in [5.41, 5.74) is 1.40. The first-order chi connectivity index (χ1) is 12.9. The van der Waals surface area contributed by atoms with Crippen LogP contribution < -0.4 is 4.74 Å². The predicted octanol–water partition coefficient (Wildman–Crippen LogP) is 3.92. The van der Waals surface area contributed by atoms with E-state index in [0.29, 0.717) is 22.7 Å². The highest BCUT2D eigenvalue weighted by molar-refractivity contribution is 5.86. The molecule has 0 atom stereocenters. The highest BCUT2D eigenvalue weighted by Gasteiger charge is 2.22. The number of nitrogens with zero attached hydrogens (tertiary/aromatic N) is 3. The molecule has 0 bridgehead atoms. The van der Waals surface area contributed by atoms with E-state index in [4.69, 9.17) is 9.47 Å². The molecule has 0 amide bonds. The Kier molecular flexibility index (Phi) is 5.34. The number of carbonyl (C=O) groups excluding carboxylic acids is 1. The van der Waals surface area contributed by atoms with Gasteiger partial charge in [0.15, 0.2) is 5.65 Å². The zero-order valence-corrected chi connectivity index (χ0v) is 15.2. The number of aromatic nitrogens is 3. The second-order valence-electron chi connectivity index (χ2n) is 5.88. The first-order valence-electron chi connectivity index (χ1n) is 8.40. The lowest BCUT2D eigenvalue weighted by Gasteiger charge is -2.09. The minimum absolute atomic E-state index is 0.176. The van der Waals surface area contributed by atoms with Crippen LogP contribution in [0, 0.1) is 6.92 Å². The fraction of sp³-hybridized carbons (Fsp3) is 0.316. The number of pyridine rings is 1. The van der Waals surface area contributed by atoms with Gasteiger partial charge in [0.1, 0.15) is 12.3 Å². The Balaban J connectivity index is 2.20. The number of aryl methyl sites for hydroxylation is 1. The molecule has 1 aromatic carbocycles. The van der Waals surface area contributed by atoms with Crippen molar-refractivity contribution in [1.82, 2.24) is 14.8 Å². The SMILES string of the molecule is CCOC(=O)Cn1nc(C)c2c(C(F)F)cc(-c3cccc(OC)c3)nc21. The number of hydrogen-bond acceptors (Lipinski definition) is 5. The van der Waals surface area contributed by atoms with Crippen molar-refractivity contribution < 1.29 is 23.0 Å². The van der Waals surface area contributed by atoms with E-state index in [-0.39, 0.29) is 29.7 Å². The van der Waals surface area contributed by atoms with Gasteiger partial charge in [0.25, 0.3) is 6.43 Å². The maximum Gasteiger partial charge on any atom is 0.327 e. The Morgan fingerprint density at radius 2 is 2.07 bits per heavy atom. The lowest BCUT2D eigenvalue weighted by atomic mass is 10.1. The zero-order chi connectivity index (χ0) is 19.6. The summed E-state index contributed by atoms with van der Waals surface area (Å²) in [7, 11) is 1.53. The number of hydrogen-bond donors (Lipinski definition) is 0. The van der Waals surface area contributed by atoms with Gasteiger partial charge in [-0.25, -0.2) is 18.4 Å². The second-order valence-corrected chi connectivity index (χ2v) is 5.88. The Labute approximate surface area is 154 Å². The Bertz CT molecular complexity index is 986. The summed E-state index contributed by atoms with van der Waals surface area (Å²) in [6.07, 6.45) is -2.71. The summed E-state index contributed by atoms with van der Waals surface area (Å²) >= 11 is 0. The Morgan fingerprint density at radius 3 is 2.74 bits per heavy atom. The van der Waals surface area contributed by atoms with Crippen molar-refractivity contribution in [2.75, 3.05) is 13.7 Å². The number of esters is 1. The van der Waals surface area contributed by atoms with E-state index in [1.165, 1.54) is 17.9 Å². The lowest BCUT2D eigenvalue weighted by molar-refractivity contribution is -0.143. The van der Waals surface area contributed by atoms with Gasteiger partial charge in [0, 0.05) is 11.1 Å². The molecule has 0 fully saturated rings. The molecule has 6 nitrogen and oxygen atoms in total. The molecular weight excluding hydrogens is 356 g/mol. The molecule has 27 heavy (non-hydrogen) atoms. The molecule has 0 unspecified atom stereocenters. The van der Waals surface area contributed by atoms with Crippen LogP contribution in [0.5, 0.6) is 5.75 Å². The molecule has 2 heterocycles. The van der Waals surface area contributed by atoms with Gasteiger partial charge in [0.2, 0.25) is 0 Å². The van der Waals surface area contributed by atoms with Crippen LogP contribution in [0.2, 0.25) is 0 Å². The molecule has 0 N–H and O–H groups in total. The number of methoxy groups -OCH3 is 1. The maximum atomic E-state index is 13.7. The topological polar surface area (TPSA) is 66.2 Å². The van der Waals surface area contributed by atoms with Gasteiger partial charge in [0.05, 0.1) is 30.5 Å². The molecule has 3 aromatic rings. The standard InChI is InChI=1S/C19H19F2N3O3/c1-4-27-16(25)10-24-19-17(11(2)23-24)14(18(20)21)9-15(22-19)12-6-5-7-13(8-12)26-3/h5-9,18H,4,10H2,1-3H3. The Hall–Kier alpha value is -3.03. The quantitative estimate of drug-likeness (QED) is 0.611. The first kappa shape index (κ1) is 18.8. The van der Waals surface area contributed by atoms with Gasteiger partial charge < -0.3 is 9.47 Å². The van der Waals surface area contributed by atoms with Crippen LogP contribution in [0.3, 0.4) is 0 Å². The molecule has 0 aliphatic rings. The molecular formula is C19H19F2N3O3. The predicted molar refractivity (Wildman–Crippen MR) is 95.8 cm³/mol. The van der Waals surface area contributed by atoms with Crippen molar-refractivity contribution in [3.05, 3.63) is 41.6 Å². The average Bonchev–Trinajstić information content (AvgIpc) is 2.96. The van der Waals surface area contributed by atoms with Crippen LogP contribution in [-0.4, -0.2) is 34.5 Å². The van der Waals surface area contributed by atoms with E-state index >= 15 is 0 Å². The van der Waals surface area contributed by atoms with E-state index in [1.807, 2.05) is 0 Å². The number of benzene rings is 1. The summed E-state index contributed by atoms with van der Waals surface area (Å²) in [4.78, 5) is 16.3. The smallest absolute Gasteiger partial charge is 0.327 e. The molecule has 8 heteroatoms. The van der Waals surface area contributed by atoms with Crippen LogP contribution in [0.1, 0.15) is 24.6 Å². The van der Waals surface area contributed by atoms with Crippen molar-refractivity contribution in [1.29, 1.82) is 0 Å². The van der Waals surface area contributed by atoms with Crippen molar-refractivity contribution in [2.45, 2.75) is 26.8 Å². The average molecular weight is 375 g/mol. The fourth-order valence-electron chi connectivity index (χ4n) is 2.93. The summed E-state index contributed by atoms with van der Waals surface area (Å²) in [6.45, 7) is 3.33. The van der Waals surface area contributed by atoms with E-state index in [0.717, 1.165) is 0 Å². The van der Waals surface area contributed by atoms with E-state index < -0.39 is 12.4 Å². The minimum Gasteiger partial charge on any atom is -0.497 e. The van der Waals surface area contributed by atoms with Gasteiger partial charge in [-0.15, -0.1) is 0 Å². The number of fused-ring (bicyclic) bond motifs is 1. The molecule has 0 saturated carbocycles. The molecule has 0 spiro atoms. The van der Waals surface area contributed by atoms with E-state index in [9.17, 15) is 13.6 Å². The molecule has 2 aromatic heterocycles. The second kappa shape index (κ2) is 7.69. The summed E-state index contributed by atoms with van der Waals surface area (Å²) in [6, 6.07) is 8.33. The van der Waals surface area contributed by atoms with Gasteiger partial charge in [-0.2, -0.15) is 5.10 Å². The van der Waals surface area contributed by atoms with Crippen LogP contribution in [0.25, 0.3) is 22.3 Å². The van der Waals surface area contributed by atoms with Crippen LogP contribution >= 0.6 is 0 Å². The molecule has 0 radical (unpaired) electrons. The van der Waals surface area contributed by atoms with E-state index in [1.54, 1.807) is 38.1 Å². The van der Waals surface area contributed by atoms with Crippen molar-refractivity contribution in [3.8, 4) is 17.0 Å². The molecule has 0 aliphatic heterocycles. The van der Waals surface area contributed by atoms with Gasteiger partial charge in [-0.1, -0.05) is 12.1 Å².